The highest BCUT2D eigenvalue weighted by Crippen LogP contribution is 2.27. The van der Waals surface area contributed by atoms with Crippen LogP contribution in [0.25, 0.3) is 0 Å². The molecule has 1 aromatic rings. The summed E-state index contributed by atoms with van der Waals surface area (Å²) in [5, 5.41) is 27.3. The Morgan fingerprint density at radius 1 is 1.38 bits per heavy atom. The van der Waals surface area contributed by atoms with Gasteiger partial charge in [0.05, 0.1) is 24.4 Å². The zero-order valence-electron chi connectivity index (χ0n) is 9.58. The SMILES string of the molecule is CC(O)c1cn(C2CCCCCC2O)nn1. The quantitative estimate of drug-likeness (QED) is 0.742. The summed E-state index contributed by atoms with van der Waals surface area (Å²) < 4.78 is 1.71. The van der Waals surface area contributed by atoms with E-state index in [0.717, 1.165) is 25.7 Å². The maximum atomic E-state index is 10.00. The lowest BCUT2D eigenvalue weighted by Gasteiger charge is -2.19. The fraction of sp³-hybridized carbons (Fsp3) is 0.818. The largest absolute Gasteiger partial charge is 0.391 e. The minimum atomic E-state index is -0.600. The molecule has 3 atom stereocenters. The Bertz CT molecular complexity index is 338. The van der Waals surface area contributed by atoms with Gasteiger partial charge in [0.2, 0.25) is 0 Å². The molecule has 1 aliphatic rings. The van der Waals surface area contributed by atoms with Crippen LogP contribution in [0.3, 0.4) is 0 Å². The molecule has 0 amide bonds. The van der Waals surface area contributed by atoms with Gasteiger partial charge in [0.25, 0.3) is 0 Å². The summed E-state index contributed by atoms with van der Waals surface area (Å²) in [4.78, 5) is 0. The third-order valence-corrected chi connectivity index (χ3v) is 3.24. The number of hydrogen-bond acceptors (Lipinski definition) is 4. The van der Waals surface area contributed by atoms with E-state index in [1.807, 2.05) is 0 Å². The first-order chi connectivity index (χ1) is 7.68. The van der Waals surface area contributed by atoms with Crippen molar-refractivity contribution in [3.63, 3.8) is 0 Å². The maximum absolute atomic E-state index is 10.00. The number of aliphatic hydroxyl groups excluding tert-OH is 2. The Morgan fingerprint density at radius 3 is 2.81 bits per heavy atom. The van der Waals surface area contributed by atoms with E-state index in [1.165, 1.54) is 6.42 Å². The lowest BCUT2D eigenvalue weighted by atomic mass is 10.1. The van der Waals surface area contributed by atoms with Crippen molar-refractivity contribution < 1.29 is 10.2 Å². The van der Waals surface area contributed by atoms with Gasteiger partial charge in [0, 0.05) is 0 Å². The van der Waals surface area contributed by atoms with E-state index in [2.05, 4.69) is 10.3 Å². The summed E-state index contributed by atoms with van der Waals surface area (Å²) in [5.41, 5.74) is 0.566. The molecule has 0 spiro atoms. The summed E-state index contributed by atoms with van der Waals surface area (Å²) in [6, 6.07) is 0.0162. The fourth-order valence-electron chi connectivity index (χ4n) is 2.22. The lowest BCUT2D eigenvalue weighted by Crippen LogP contribution is -2.23. The number of rotatable bonds is 2. The summed E-state index contributed by atoms with van der Waals surface area (Å²) >= 11 is 0. The van der Waals surface area contributed by atoms with Crippen LogP contribution in [0, 0.1) is 0 Å². The first kappa shape index (κ1) is 11.5. The second kappa shape index (κ2) is 4.93. The monoisotopic (exact) mass is 225 g/mol. The Labute approximate surface area is 95.1 Å². The predicted molar refractivity (Wildman–Crippen MR) is 58.8 cm³/mol. The van der Waals surface area contributed by atoms with Crippen LogP contribution in [-0.2, 0) is 0 Å². The third-order valence-electron chi connectivity index (χ3n) is 3.24. The van der Waals surface area contributed by atoms with Crippen molar-refractivity contribution in [1.82, 2.24) is 15.0 Å². The van der Waals surface area contributed by atoms with E-state index < -0.39 is 6.10 Å². The molecule has 3 unspecified atom stereocenters. The van der Waals surface area contributed by atoms with Crippen molar-refractivity contribution in [2.75, 3.05) is 0 Å². The van der Waals surface area contributed by atoms with E-state index in [0.29, 0.717) is 5.69 Å². The van der Waals surface area contributed by atoms with Crippen LogP contribution in [0.5, 0.6) is 0 Å². The minimum Gasteiger partial charge on any atom is -0.391 e. The van der Waals surface area contributed by atoms with Gasteiger partial charge in [-0.15, -0.1) is 5.10 Å². The van der Waals surface area contributed by atoms with Gasteiger partial charge in [-0.2, -0.15) is 0 Å². The molecular formula is C11H19N3O2. The first-order valence-corrected chi connectivity index (χ1v) is 5.96. The molecular weight excluding hydrogens is 206 g/mol. The van der Waals surface area contributed by atoms with Gasteiger partial charge >= 0.3 is 0 Å². The van der Waals surface area contributed by atoms with Gasteiger partial charge in [-0.3, -0.25) is 0 Å². The molecule has 1 saturated carbocycles. The van der Waals surface area contributed by atoms with Gasteiger partial charge in [-0.25, -0.2) is 4.68 Å². The molecule has 1 fully saturated rings. The van der Waals surface area contributed by atoms with Crippen molar-refractivity contribution in [1.29, 1.82) is 0 Å². The second-order valence-electron chi connectivity index (χ2n) is 4.57. The minimum absolute atomic E-state index is 0.0162. The molecule has 0 bridgehead atoms. The third kappa shape index (κ3) is 2.41. The highest BCUT2D eigenvalue weighted by Gasteiger charge is 2.24. The van der Waals surface area contributed by atoms with Crippen LogP contribution in [0.2, 0.25) is 0 Å². The standard InChI is InChI=1S/C11H19N3O2/c1-8(15)9-7-14(13-12-9)10-5-3-2-4-6-11(10)16/h7-8,10-11,15-16H,2-6H2,1H3. The van der Waals surface area contributed by atoms with Crippen molar-refractivity contribution in [3.05, 3.63) is 11.9 Å². The van der Waals surface area contributed by atoms with Crippen molar-refractivity contribution >= 4 is 0 Å². The highest BCUT2D eigenvalue weighted by molar-refractivity contribution is 4.97. The Kier molecular flexibility index (Phi) is 3.56. The predicted octanol–water partition coefficient (Wildman–Crippen LogP) is 1.20. The summed E-state index contributed by atoms with van der Waals surface area (Å²) in [5.74, 6) is 0. The number of nitrogens with zero attached hydrogens (tertiary/aromatic N) is 3. The van der Waals surface area contributed by atoms with Crippen molar-refractivity contribution in [2.24, 2.45) is 0 Å². The smallest absolute Gasteiger partial charge is 0.111 e. The van der Waals surface area contributed by atoms with E-state index in [9.17, 15) is 10.2 Å². The van der Waals surface area contributed by atoms with Gasteiger partial charge in [-0.1, -0.05) is 24.5 Å². The summed E-state index contributed by atoms with van der Waals surface area (Å²) in [7, 11) is 0. The normalized spacial score (nSPS) is 28.7. The second-order valence-corrected chi connectivity index (χ2v) is 4.57. The molecule has 5 heteroatoms. The zero-order chi connectivity index (χ0) is 11.5. The van der Waals surface area contributed by atoms with Crippen LogP contribution >= 0.6 is 0 Å². The van der Waals surface area contributed by atoms with Crippen LogP contribution < -0.4 is 0 Å². The topological polar surface area (TPSA) is 71.2 Å². The Morgan fingerprint density at radius 2 is 2.12 bits per heavy atom. The fourth-order valence-corrected chi connectivity index (χ4v) is 2.22. The number of hydrogen-bond donors (Lipinski definition) is 2. The van der Waals surface area contributed by atoms with Gasteiger partial charge in [-0.05, 0) is 19.8 Å². The van der Waals surface area contributed by atoms with Gasteiger partial charge in [0.15, 0.2) is 0 Å². The van der Waals surface area contributed by atoms with Crippen LogP contribution in [0.4, 0.5) is 0 Å². The Hall–Kier alpha value is -0.940. The van der Waals surface area contributed by atoms with E-state index in [4.69, 9.17) is 0 Å². The highest BCUT2D eigenvalue weighted by atomic mass is 16.3. The molecule has 1 aromatic heterocycles. The van der Waals surface area contributed by atoms with Crippen molar-refractivity contribution in [2.45, 2.75) is 57.3 Å². The molecule has 16 heavy (non-hydrogen) atoms. The first-order valence-electron chi connectivity index (χ1n) is 5.96. The maximum Gasteiger partial charge on any atom is 0.111 e. The molecule has 0 saturated heterocycles. The molecule has 1 aliphatic carbocycles. The molecule has 1 heterocycles. The average Bonchev–Trinajstić information content (AvgIpc) is 2.63. The van der Waals surface area contributed by atoms with Crippen LogP contribution in [-0.4, -0.2) is 31.3 Å². The molecule has 5 nitrogen and oxygen atoms in total. The molecule has 90 valence electrons. The number of aliphatic hydroxyl groups is 2. The van der Waals surface area contributed by atoms with Crippen molar-refractivity contribution in [3.8, 4) is 0 Å². The average molecular weight is 225 g/mol. The zero-order valence-corrected chi connectivity index (χ0v) is 9.58. The molecule has 0 aromatic carbocycles. The van der Waals surface area contributed by atoms with E-state index >= 15 is 0 Å². The van der Waals surface area contributed by atoms with Crippen LogP contribution in [0.1, 0.15) is 56.9 Å². The lowest BCUT2D eigenvalue weighted by molar-refractivity contribution is 0.0979. The Balaban J connectivity index is 2.14. The van der Waals surface area contributed by atoms with E-state index in [1.54, 1.807) is 17.8 Å². The molecule has 0 aliphatic heterocycles. The van der Waals surface area contributed by atoms with Gasteiger partial charge < -0.3 is 10.2 Å². The summed E-state index contributed by atoms with van der Waals surface area (Å²) in [6.07, 6.45) is 5.93. The summed E-state index contributed by atoms with van der Waals surface area (Å²) in [6.45, 7) is 1.66. The van der Waals surface area contributed by atoms with E-state index in [-0.39, 0.29) is 12.1 Å². The number of aromatic nitrogens is 3. The molecule has 2 rings (SSSR count). The molecule has 0 radical (unpaired) electrons. The van der Waals surface area contributed by atoms with Crippen LogP contribution in [0.15, 0.2) is 6.20 Å². The van der Waals surface area contributed by atoms with Gasteiger partial charge in [0.1, 0.15) is 5.69 Å². The molecule has 2 N–H and O–H groups in total.